The SMILES string of the molecule is C[C@@](CN)(CC1CC1)c1cnc(C(F)F)nc1. The van der Waals surface area contributed by atoms with Crippen molar-refractivity contribution in [2.45, 2.75) is 38.0 Å². The Labute approximate surface area is 99.5 Å². The van der Waals surface area contributed by atoms with E-state index in [2.05, 4.69) is 9.97 Å². The molecule has 1 saturated carbocycles. The molecule has 0 aromatic carbocycles. The Morgan fingerprint density at radius 2 is 2.00 bits per heavy atom. The lowest BCUT2D eigenvalue weighted by Crippen LogP contribution is -2.32. The van der Waals surface area contributed by atoms with Crippen molar-refractivity contribution in [3.8, 4) is 0 Å². The summed E-state index contributed by atoms with van der Waals surface area (Å²) in [6, 6.07) is 0. The Morgan fingerprint density at radius 1 is 1.41 bits per heavy atom. The average molecular weight is 241 g/mol. The number of hydrogen-bond donors (Lipinski definition) is 1. The molecular weight excluding hydrogens is 224 g/mol. The Hall–Kier alpha value is -1.10. The molecule has 0 bridgehead atoms. The third-order valence-electron chi connectivity index (χ3n) is 3.45. The predicted molar refractivity (Wildman–Crippen MR) is 60.7 cm³/mol. The van der Waals surface area contributed by atoms with Crippen molar-refractivity contribution < 1.29 is 8.78 Å². The highest BCUT2D eigenvalue weighted by molar-refractivity contribution is 5.20. The molecule has 1 aromatic rings. The first kappa shape index (κ1) is 12.4. The molecule has 2 rings (SSSR count). The van der Waals surface area contributed by atoms with Crippen molar-refractivity contribution in [2.75, 3.05) is 6.54 Å². The van der Waals surface area contributed by atoms with Crippen LogP contribution < -0.4 is 5.73 Å². The van der Waals surface area contributed by atoms with Gasteiger partial charge in [-0.3, -0.25) is 0 Å². The van der Waals surface area contributed by atoms with Gasteiger partial charge in [0.1, 0.15) is 0 Å². The van der Waals surface area contributed by atoms with Crippen molar-refractivity contribution in [1.29, 1.82) is 0 Å². The van der Waals surface area contributed by atoms with Gasteiger partial charge in [0.25, 0.3) is 6.43 Å². The first-order valence-electron chi connectivity index (χ1n) is 5.86. The fourth-order valence-electron chi connectivity index (χ4n) is 2.04. The molecule has 1 fully saturated rings. The second kappa shape index (κ2) is 4.64. The van der Waals surface area contributed by atoms with Gasteiger partial charge in [0, 0.05) is 24.4 Å². The van der Waals surface area contributed by atoms with Gasteiger partial charge in [-0.05, 0) is 17.9 Å². The van der Waals surface area contributed by atoms with Gasteiger partial charge in [0.05, 0.1) is 0 Å². The number of hydrogen-bond acceptors (Lipinski definition) is 3. The van der Waals surface area contributed by atoms with Gasteiger partial charge in [0.2, 0.25) is 0 Å². The van der Waals surface area contributed by atoms with Gasteiger partial charge >= 0.3 is 0 Å². The zero-order valence-corrected chi connectivity index (χ0v) is 9.87. The highest BCUT2D eigenvalue weighted by Crippen LogP contribution is 2.41. The van der Waals surface area contributed by atoms with Gasteiger partial charge in [-0.25, -0.2) is 18.7 Å². The summed E-state index contributed by atoms with van der Waals surface area (Å²) in [4.78, 5) is 7.41. The zero-order valence-electron chi connectivity index (χ0n) is 9.87. The maximum Gasteiger partial charge on any atom is 0.297 e. The molecular formula is C12H17F2N3. The van der Waals surface area contributed by atoms with Crippen molar-refractivity contribution >= 4 is 0 Å². The normalized spacial score (nSPS) is 19.4. The lowest BCUT2D eigenvalue weighted by Gasteiger charge is -2.28. The molecule has 2 N–H and O–H groups in total. The first-order chi connectivity index (χ1) is 8.05. The Bertz CT molecular complexity index is 376. The monoisotopic (exact) mass is 241 g/mol. The van der Waals surface area contributed by atoms with E-state index in [-0.39, 0.29) is 5.41 Å². The molecule has 0 unspecified atom stereocenters. The van der Waals surface area contributed by atoms with E-state index in [1.807, 2.05) is 6.92 Å². The van der Waals surface area contributed by atoms with Crippen LogP contribution in [0, 0.1) is 5.92 Å². The van der Waals surface area contributed by atoms with Gasteiger partial charge < -0.3 is 5.73 Å². The van der Waals surface area contributed by atoms with E-state index in [4.69, 9.17) is 5.73 Å². The van der Waals surface area contributed by atoms with Gasteiger partial charge in [-0.2, -0.15) is 0 Å². The lowest BCUT2D eigenvalue weighted by atomic mass is 9.79. The largest absolute Gasteiger partial charge is 0.330 e. The molecule has 1 heterocycles. The highest BCUT2D eigenvalue weighted by atomic mass is 19.3. The minimum Gasteiger partial charge on any atom is -0.330 e. The van der Waals surface area contributed by atoms with E-state index < -0.39 is 12.2 Å². The molecule has 0 spiro atoms. The molecule has 0 radical (unpaired) electrons. The summed E-state index contributed by atoms with van der Waals surface area (Å²) in [5, 5.41) is 0. The summed E-state index contributed by atoms with van der Waals surface area (Å²) >= 11 is 0. The summed E-state index contributed by atoms with van der Waals surface area (Å²) < 4.78 is 24.7. The number of rotatable bonds is 5. The van der Waals surface area contributed by atoms with Crippen LogP contribution in [0.5, 0.6) is 0 Å². The van der Waals surface area contributed by atoms with Crippen LogP contribution in [-0.2, 0) is 5.41 Å². The lowest BCUT2D eigenvalue weighted by molar-refractivity contribution is 0.140. The van der Waals surface area contributed by atoms with E-state index in [1.165, 1.54) is 25.2 Å². The van der Waals surface area contributed by atoms with Crippen LogP contribution >= 0.6 is 0 Å². The minimum absolute atomic E-state index is 0.193. The molecule has 17 heavy (non-hydrogen) atoms. The minimum atomic E-state index is -2.61. The van der Waals surface area contributed by atoms with Crippen LogP contribution in [0.1, 0.15) is 44.0 Å². The smallest absolute Gasteiger partial charge is 0.297 e. The third kappa shape index (κ3) is 2.77. The molecule has 1 aromatic heterocycles. The van der Waals surface area contributed by atoms with E-state index in [9.17, 15) is 8.78 Å². The topological polar surface area (TPSA) is 51.8 Å². The van der Waals surface area contributed by atoms with Crippen LogP contribution in [0.4, 0.5) is 8.78 Å². The van der Waals surface area contributed by atoms with E-state index >= 15 is 0 Å². The second-order valence-electron chi connectivity index (χ2n) is 5.04. The van der Waals surface area contributed by atoms with Crippen molar-refractivity contribution in [2.24, 2.45) is 11.7 Å². The Balaban J connectivity index is 2.17. The number of nitrogens with zero attached hydrogens (tertiary/aromatic N) is 2. The van der Waals surface area contributed by atoms with Crippen LogP contribution in [0.15, 0.2) is 12.4 Å². The van der Waals surface area contributed by atoms with Crippen LogP contribution in [-0.4, -0.2) is 16.5 Å². The third-order valence-corrected chi connectivity index (χ3v) is 3.45. The van der Waals surface area contributed by atoms with Gasteiger partial charge in [0.15, 0.2) is 5.82 Å². The number of alkyl halides is 2. The molecule has 3 nitrogen and oxygen atoms in total. The van der Waals surface area contributed by atoms with Gasteiger partial charge in [-0.1, -0.05) is 19.8 Å². The molecule has 5 heteroatoms. The maximum atomic E-state index is 12.3. The van der Waals surface area contributed by atoms with Crippen molar-refractivity contribution in [3.05, 3.63) is 23.8 Å². The second-order valence-corrected chi connectivity index (χ2v) is 5.04. The number of halogens is 2. The van der Waals surface area contributed by atoms with Crippen LogP contribution in [0.3, 0.4) is 0 Å². The van der Waals surface area contributed by atoms with Crippen LogP contribution in [0.2, 0.25) is 0 Å². The number of nitrogens with two attached hydrogens (primary N) is 1. The van der Waals surface area contributed by atoms with Crippen molar-refractivity contribution in [1.82, 2.24) is 9.97 Å². The average Bonchev–Trinajstić information content (AvgIpc) is 3.13. The predicted octanol–water partition coefficient (Wildman–Crippen LogP) is 2.43. The first-order valence-corrected chi connectivity index (χ1v) is 5.86. The Kier molecular flexibility index (Phi) is 3.38. The van der Waals surface area contributed by atoms with Crippen molar-refractivity contribution in [3.63, 3.8) is 0 Å². The van der Waals surface area contributed by atoms with E-state index in [0.717, 1.165) is 17.9 Å². The fraction of sp³-hybridized carbons (Fsp3) is 0.667. The molecule has 0 saturated heterocycles. The van der Waals surface area contributed by atoms with Gasteiger partial charge in [-0.15, -0.1) is 0 Å². The Morgan fingerprint density at radius 3 is 2.41 bits per heavy atom. The van der Waals surface area contributed by atoms with E-state index in [0.29, 0.717) is 6.54 Å². The highest BCUT2D eigenvalue weighted by Gasteiger charge is 2.34. The van der Waals surface area contributed by atoms with E-state index in [1.54, 1.807) is 0 Å². The zero-order chi connectivity index (χ0) is 12.5. The summed E-state index contributed by atoms with van der Waals surface area (Å²) in [7, 11) is 0. The summed E-state index contributed by atoms with van der Waals surface area (Å²) in [5.41, 5.74) is 6.47. The standard InChI is InChI=1S/C12H17F2N3/c1-12(7-15,4-8-2-3-8)9-5-16-11(10(13)14)17-6-9/h5-6,8,10H,2-4,7,15H2,1H3/t12-/m0/s1. The summed E-state index contributed by atoms with van der Waals surface area (Å²) in [6.45, 7) is 2.53. The fourth-order valence-corrected chi connectivity index (χ4v) is 2.04. The quantitative estimate of drug-likeness (QED) is 0.861. The molecule has 0 aliphatic heterocycles. The molecule has 0 amide bonds. The molecule has 1 aliphatic carbocycles. The summed E-state index contributed by atoms with van der Waals surface area (Å²) in [5.74, 6) is 0.304. The molecule has 1 atom stereocenters. The maximum absolute atomic E-state index is 12.3. The number of aromatic nitrogens is 2. The molecule has 94 valence electrons. The van der Waals surface area contributed by atoms with Crippen LogP contribution in [0.25, 0.3) is 0 Å². The summed E-state index contributed by atoms with van der Waals surface area (Å²) in [6.07, 6.45) is 3.84. The molecule has 1 aliphatic rings.